The van der Waals surface area contributed by atoms with Crippen LogP contribution < -0.4 is 14.8 Å². The van der Waals surface area contributed by atoms with Gasteiger partial charge in [-0.25, -0.2) is 4.79 Å². The Morgan fingerprint density at radius 2 is 1.93 bits per heavy atom. The molecular weight excluding hydrogens is 382 g/mol. The highest BCUT2D eigenvalue weighted by Gasteiger charge is 2.24. The Morgan fingerprint density at radius 3 is 2.68 bits per heavy atom. The molecule has 0 saturated heterocycles. The van der Waals surface area contributed by atoms with Crippen LogP contribution in [-0.4, -0.2) is 31.7 Å². The number of carbonyl (C=O) groups excluding carboxylic acids is 2. The third-order valence-corrected chi connectivity index (χ3v) is 4.27. The number of anilines is 1. The van der Waals surface area contributed by atoms with E-state index in [1.54, 1.807) is 25.1 Å². The first-order valence-corrected chi connectivity index (χ1v) is 9.28. The van der Waals surface area contributed by atoms with E-state index in [4.69, 9.17) is 25.8 Å². The highest BCUT2D eigenvalue weighted by atomic mass is 35.5. The molecule has 0 aliphatic carbocycles. The monoisotopic (exact) mass is 401 g/mol. The Kier molecular flexibility index (Phi) is 6.21. The number of esters is 1. The summed E-state index contributed by atoms with van der Waals surface area (Å²) in [5, 5.41) is 3.10. The van der Waals surface area contributed by atoms with Crippen LogP contribution >= 0.6 is 11.6 Å². The number of fused-ring (bicyclic) bond motifs is 1. The number of halogens is 1. The van der Waals surface area contributed by atoms with Crippen LogP contribution in [0.2, 0.25) is 5.02 Å². The second kappa shape index (κ2) is 8.80. The van der Waals surface area contributed by atoms with Gasteiger partial charge in [0, 0.05) is 16.8 Å². The predicted molar refractivity (Wildman–Crippen MR) is 108 cm³/mol. The molecule has 0 fully saturated rings. The third kappa shape index (κ3) is 4.28. The number of hydrogen-bond acceptors (Lipinski definition) is 5. The van der Waals surface area contributed by atoms with Crippen molar-refractivity contribution in [3.8, 4) is 11.5 Å². The minimum absolute atomic E-state index is 0.182. The number of para-hydroxylation sites is 1. The molecule has 1 aliphatic rings. The molecule has 0 aromatic heterocycles. The molecule has 146 valence electrons. The maximum Gasteiger partial charge on any atom is 0.344 e. The Hall–Kier alpha value is -2.99. The van der Waals surface area contributed by atoms with Gasteiger partial charge in [-0.05, 0) is 43.7 Å². The van der Waals surface area contributed by atoms with Crippen LogP contribution in [0.25, 0.3) is 11.6 Å². The van der Waals surface area contributed by atoms with Gasteiger partial charge in [-0.3, -0.25) is 4.79 Å². The van der Waals surface area contributed by atoms with Gasteiger partial charge in [0.1, 0.15) is 0 Å². The predicted octanol–water partition coefficient (Wildman–Crippen LogP) is 4.17. The van der Waals surface area contributed by atoms with E-state index >= 15 is 0 Å². The Labute approximate surface area is 168 Å². The minimum atomic E-state index is -0.494. The quantitative estimate of drug-likeness (QED) is 0.556. The Morgan fingerprint density at radius 1 is 1.14 bits per heavy atom. The number of nitrogens with one attached hydrogen (secondary N) is 1. The number of rotatable bonds is 7. The van der Waals surface area contributed by atoms with E-state index in [2.05, 4.69) is 5.32 Å². The number of ether oxygens (including phenoxy) is 3. The van der Waals surface area contributed by atoms with Crippen LogP contribution in [-0.2, 0) is 14.3 Å². The molecule has 7 heteroatoms. The van der Waals surface area contributed by atoms with E-state index in [1.807, 2.05) is 31.2 Å². The first-order valence-electron chi connectivity index (χ1n) is 8.90. The van der Waals surface area contributed by atoms with Crippen molar-refractivity contribution in [2.75, 3.05) is 25.1 Å². The Bertz CT molecular complexity index is 938. The van der Waals surface area contributed by atoms with E-state index in [0.29, 0.717) is 23.5 Å². The molecule has 0 spiro atoms. The summed E-state index contributed by atoms with van der Waals surface area (Å²) in [7, 11) is 0. The molecule has 1 N–H and O–H groups in total. The van der Waals surface area contributed by atoms with Crippen molar-refractivity contribution >= 4 is 40.8 Å². The summed E-state index contributed by atoms with van der Waals surface area (Å²) >= 11 is 6.37. The van der Waals surface area contributed by atoms with E-state index in [0.717, 1.165) is 11.3 Å². The summed E-state index contributed by atoms with van der Waals surface area (Å²) in [5.74, 6) is -0.0304. The summed E-state index contributed by atoms with van der Waals surface area (Å²) in [5.41, 5.74) is 2.81. The van der Waals surface area contributed by atoms with Crippen LogP contribution in [0.5, 0.6) is 11.5 Å². The van der Waals surface area contributed by atoms with E-state index in [-0.39, 0.29) is 29.9 Å². The first kappa shape index (κ1) is 19.8. The van der Waals surface area contributed by atoms with E-state index in [9.17, 15) is 9.59 Å². The molecule has 0 radical (unpaired) electrons. The summed E-state index contributed by atoms with van der Waals surface area (Å²) < 4.78 is 16.0. The second-order valence-electron chi connectivity index (χ2n) is 5.91. The van der Waals surface area contributed by atoms with Gasteiger partial charge in [-0.2, -0.15) is 0 Å². The molecule has 1 amide bonds. The van der Waals surface area contributed by atoms with Gasteiger partial charge in [0.2, 0.25) is 0 Å². The SMILES string of the molecule is CCOC(=O)COc1c(Cl)cc(/C=C2/C(=O)Nc3ccccc32)cc1OCC. The molecule has 2 aromatic rings. The average molecular weight is 402 g/mol. The van der Waals surface area contributed by atoms with Crippen molar-refractivity contribution in [2.45, 2.75) is 13.8 Å². The van der Waals surface area contributed by atoms with Crippen molar-refractivity contribution in [3.05, 3.63) is 52.5 Å². The fourth-order valence-electron chi connectivity index (χ4n) is 2.86. The zero-order valence-corrected chi connectivity index (χ0v) is 16.3. The maximum atomic E-state index is 12.3. The average Bonchev–Trinajstić information content (AvgIpc) is 2.97. The summed E-state index contributed by atoms with van der Waals surface area (Å²) in [6.45, 7) is 3.93. The van der Waals surface area contributed by atoms with Gasteiger partial charge in [-0.1, -0.05) is 29.8 Å². The molecule has 3 rings (SSSR count). The minimum Gasteiger partial charge on any atom is -0.490 e. The number of carbonyl (C=O) groups is 2. The smallest absolute Gasteiger partial charge is 0.344 e. The molecule has 0 saturated carbocycles. The maximum absolute atomic E-state index is 12.3. The van der Waals surface area contributed by atoms with Gasteiger partial charge in [-0.15, -0.1) is 0 Å². The largest absolute Gasteiger partial charge is 0.490 e. The molecule has 1 heterocycles. The summed E-state index contributed by atoms with van der Waals surface area (Å²) in [4.78, 5) is 23.9. The van der Waals surface area contributed by atoms with Crippen LogP contribution in [0, 0.1) is 0 Å². The fraction of sp³-hybridized carbons (Fsp3) is 0.238. The van der Waals surface area contributed by atoms with Crippen LogP contribution in [0.4, 0.5) is 5.69 Å². The zero-order chi connectivity index (χ0) is 20.1. The lowest BCUT2D eigenvalue weighted by Gasteiger charge is -2.14. The van der Waals surface area contributed by atoms with Crippen molar-refractivity contribution in [3.63, 3.8) is 0 Å². The zero-order valence-electron chi connectivity index (χ0n) is 15.6. The van der Waals surface area contributed by atoms with Crippen LogP contribution in [0.1, 0.15) is 25.0 Å². The molecular formula is C21H20ClNO5. The molecule has 28 heavy (non-hydrogen) atoms. The molecule has 0 bridgehead atoms. The second-order valence-corrected chi connectivity index (χ2v) is 6.32. The number of amides is 1. The van der Waals surface area contributed by atoms with E-state index < -0.39 is 5.97 Å². The number of hydrogen-bond donors (Lipinski definition) is 1. The van der Waals surface area contributed by atoms with Crippen molar-refractivity contribution in [2.24, 2.45) is 0 Å². The van der Waals surface area contributed by atoms with Gasteiger partial charge >= 0.3 is 5.97 Å². The molecule has 0 unspecified atom stereocenters. The molecule has 0 atom stereocenters. The van der Waals surface area contributed by atoms with E-state index in [1.165, 1.54) is 0 Å². The van der Waals surface area contributed by atoms with Crippen molar-refractivity contribution < 1.29 is 23.8 Å². The normalized spacial score (nSPS) is 13.8. The highest BCUT2D eigenvalue weighted by Crippen LogP contribution is 2.39. The first-order chi connectivity index (χ1) is 13.5. The molecule has 2 aromatic carbocycles. The van der Waals surface area contributed by atoms with Crippen LogP contribution in [0.15, 0.2) is 36.4 Å². The summed E-state index contributed by atoms with van der Waals surface area (Å²) in [6.07, 6.45) is 1.74. The van der Waals surface area contributed by atoms with Crippen molar-refractivity contribution in [1.82, 2.24) is 0 Å². The lowest BCUT2D eigenvalue weighted by atomic mass is 10.0. The fourth-order valence-corrected chi connectivity index (χ4v) is 3.13. The standard InChI is InChI=1S/C21H20ClNO5/c1-3-26-18-11-13(10-16(22)20(18)28-12-19(24)27-4-2)9-15-14-7-5-6-8-17(14)23-21(15)25/h5-11H,3-4,12H2,1-2H3,(H,23,25)/b15-9+. The topological polar surface area (TPSA) is 73.9 Å². The summed E-state index contributed by atoms with van der Waals surface area (Å²) in [6, 6.07) is 10.8. The van der Waals surface area contributed by atoms with Gasteiger partial charge < -0.3 is 19.5 Å². The highest BCUT2D eigenvalue weighted by molar-refractivity contribution is 6.35. The van der Waals surface area contributed by atoms with Gasteiger partial charge in [0.05, 0.1) is 18.2 Å². The van der Waals surface area contributed by atoms with Crippen LogP contribution in [0.3, 0.4) is 0 Å². The lowest BCUT2D eigenvalue weighted by Crippen LogP contribution is -2.15. The third-order valence-electron chi connectivity index (χ3n) is 3.99. The number of benzene rings is 2. The molecule has 1 aliphatic heterocycles. The Balaban J connectivity index is 1.93. The van der Waals surface area contributed by atoms with Gasteiger partial charge in [0.25, 0.3) is 5.91 Å². The van der Waals surface area contributed by atoms with Crippen molar-refractivity contribution in [1.29, 1.82) is 0 Å². The van der Waals surface area contributed by atoms with Gasteiger partial charge in [0.15, 0.2) is 18.1 Å². The molecule has 6 nitrogen and oxygen atoms in total. The lowest BCUT2D eigenvalue weighted by molar-refractivity contribution is -0.145.